The molecule has 0 aliphatic heterocycles. The van der Waals surface area contributed by atoms with Crippen LogP contribution in [0.3, 0.4) is 0 Å². The van der Waals surface area contributed by atoms with Gasteiger partial charge in [-0.15, -0.1) is 0 Å². The molecule has 74 valence electrons. The van der Waals surface area contributed by atoms with E-state index >= 15 is 0 Å². The molecule has 1 nitrogen and oxygen atoms in total. The van der Waals surface area contributed by atoms with Gasteiger partial charge in [-0.2, -0.15) is 0 Å². The fourth-order valence-electron chi connectivity index (χ4n) is 1.68. The van der Waals surface area contributed by atoms with Gasteiger partial charge in [0.25, 0.3) is 0 Å². The monoisotopic (exact) mass is 195 g/mol. The molecule has 14 heavy (non-hydrogen) atoms. The zero-order valence-corrected chi connectivity index (χ0v) is 7.71. The Hall–Kier alpha value is -1.25. The van der Waals surface area contributed by atoms with E-state index in [1.54, 1.807) is 18.3 Å². The highest BCUT2D eigenvalue weighted by molar-refractivity contribution is 5.41. The van der Waals surface area contributed by atoms with Crippen molar-refractivity contribution in [1.82, 2.24) is 4.98 Å². The lowest BCUT2D eigenvalue weighted by Crippen LogP contribution is -2.33. The molecule has 0 saturated heterocycles. The highest BCUT2D eigenvalue weighted by atomic mass is 19.3. The maximum absolute atomic E-state index is 12.6. The maximum Gasteiger partial charge on any atom is 0.249 e. The summed E-state index contributed by atoms with van der Waals surface area (Å²) in [6.07, 6.45) is 3.22. The summed E-state index contributed by atoms with van der Waals surface area (Å²) >= 11 is 0. The van der Waals surface area contributed by atoms with Gasteiger partial charge >= 0.3 is 0 Å². The average Bonchev–Trinajstić information content (AvgIpc) is 2.14. The zero-order valence-electron chi connectivity index (χ0n) is 7.71. The number of aromatic nitrogens is 1. The molecule has 0 radical (unpaired) electrons. The molecule has 0 bridgehead atoms. The number of hydrogen-bond acceptors (Lipinski definition) is 1. The van der Waals surface area contributed by atoms with Crippen LogP contribution in [0, 0.1) is 0 Å². The van der Waals surface area contributed by atoms with Crippen molar-refractivity contribution in [2.45, 2.75) is 24.7 Å². The summed E-state index contributed by atoms with van der Waals surface area (Å²) < 4.78 is 25.2. The number of halogens is 2. The lowest BCUT2D eigenvalue weighted by Gasteiger charge is -2.34. The third-order valence-corrected chi connectivity index (χ3v) is 2.58. The third kappa shape index (κ3) is 1.67. The summed E-state index contributed by atoms with van der Waals surface area (Å²) in [4.78, 5) is 4.08. The van der Waals surface area contributed by atoms with E-state index in [2.05, 4.69) is 11.6 Å². The molecule has 0 atom stereocenters. The van der Waals surface area contributed by atoms with Gasteiger partial charge in [0.2, 0.25) is 5.92 Å². The summed E-state index contributed by atoms with van der Waals surface area (Å²) in [5.41, 5.74) is 1.68. The summed E-state index contributed by atoms with van der Waals surface area (Å²) in [5.74, 6) is -2.47. The quantitative estimate of drug-likeness (QED) is 0.706. The standard InChI is InChI=1S/C11H11F2N/c1-2-10-4-3-8(7-14-10)9-5-11(12,13)6-9/h2-4,7,9H,1,5-6H2. The molecule has 0 amide bonds. The van der Waals surface area contributed by atoms with Crippen molar-refractivity contribution in [2.24, 2.45) is 0 Å². The zero-order chi connectivity index (χ0) is 10.2. The van der Waals surface area contributed by atoms with Gasteiger partial charge in [-0.1, -0.05) is 12.6 Å². The smallest absolute Gasteiger partial charge is 0.249 e. The van der Waals surface area contributed by atoms with E-state index < -0.39 is 5.92 Å². The molecule has 1 aliphatic carbocycles. The largest absolute Gasteiger partial charge is 0.257 e. The van der Waals surface area contributed by atoms with E-state index in [1.165, 1.54) is 0 Å². The van der Waals surface area contributed by atoms with Crippen LogP contribution in [0.25, 0.3) is 6.08 Å². The molecule has 0 aromatic carbocycles. The van der Waals surface area contributed by atoms with E-state index in [9.17, 15) is 8.78 Å². The van der Waals surface area contributed by atoms with Crippen LogP contribution < -0.4 is 0 Å². The number of pyridine rings is 1. The van der Waals surface area contributed by atoms with Gasteiger partial charge in [0.15, 0.2) is 0 Å². The minimum atomic E-state index is -2.46. The van der Waals surface area contributed by atoms with Crippen LogP contribution in [-0.4, -0.2) is 10.9 Å². The van der Waals surface area contributed by atoms with E-state index in [4.69, 9.17) is 0 Å². The number of nitrogens with zero attached hydrogens (tertiary/aromatic N) is 1. The van der Waals surface area contributed by atoms with Crippen molar-refractivity contribution in [3.05, 3.63) is 36.2 Å². The Bertz CT molecular complexity index is 335. The first-order valence-corrected chi connectivity index (χ1v) is 4.57. The Morgan fingerprint density at radius 2 is 2.14 bits per heavy atom. The average molecular weight is 195 g/mol. The first-order valence-electron chi connectivity index (χ1n) is 4.57. The molecule has 1 saturated carbocycles. The topological polar surface area (TPSA) is 12.9 Å². The molecule has 0 N–H and O–H groups in total. The molecule has 0 unspecified atom stereocenters. The number of alkyl halides is 2. The third-order valence-electron chi connectivity index (χ3n) is 2.58. The molecule has 1 aliphatic rings. The van der Waals surface area contributed by atoms with Crippen molar-refractivity contribution in [3.8, 4) is 0 Å². The number of hydrogen-bond donors (Lipinski definition) is 0. The van der Waals surface area contributed by atoms with Crippen LogP contribution in [0.2, 0.25) is 0 Å². The number of rotatable bonds is 2. The van der Waals surface area contributed by atoms with Gasteiger partial charge in [0.05, 0.1) is 5.69 Å². The van der Waals surface area contributed by atoms with Crippen molar-refractivity contribution in [3.63, 3.8) is 0 Å². The second kappa shape index (κ2) is 3.15. The molecule has 3 heteroatoms. The minimum Gasteiger partial charge on any atom is -0.257 e. The van der Waals surface area contributed by atoms with Gasteiger partial charge < -0.3 is 0 Å². The van der Waals surface area contributed by atoms with Crippen LogP contribution in [0.1, 0.15) is 30.0 Å². The molecular weight excluding hydrogens is 184 g/mol. The van der Waals surface area contributed by atoms with Crippen LogP contribution in [0.15, 0.2) is 24.9 Å². The second-order valence-corrected chi connectivity index (χ2v) is 3.68. The normalized spacial score (nSPS) is 20.1. The van der Waals surface area contributed by atoms with Crippen LogP contribution in [-0.2, 0) is 0 Å². The Morgan fingerprint density at radius 3 is 2.57 bits per heavy atom. The van der Waals surface area contributed by atoms with Gasteiger partial charge in [-0.25, -0.2) is 8.78 Å². The van der Waals surface area contributed by atoms with Gasteiger partial charge in [-0.05, 0) is 23.6 Å². The fraction of sp³-hybridized carbons (Fsp3) is 0.364. The van der Waals surface area contributed by atoms with Crippen molar-refractivity contribution >= 4 is 6.08 Å². The second-order valence-electron chi connectivity index (χ2n) is 3.68. The SMILES string of the molecule is C=Cc1ccc(C2CC(F)(F)C2)cn1. The molecule has 0 spiro atoms. The first kappa shape index (κ1) is 9.31. The van der Waals surface area contributed by atoms with Crippen LogP contribution in [0.4, 0.5) is 8.78 Å². The minimum absolute atomic E-state index is 0.0173. The maximum atomic E-state index is 12.6. The predicted molar refractivity (Wildman–Crippen MR) is 51.3 cm³/mol. The Morgan fingerprint density at radius 1 is 1.43 bits per heavy atom. The summed E-state index contributed by atoms with van der Waals surface area (Å²) in [6.45, 7) is 3.58. The molecular formula is C11H11F2N. The van der Waals surface area contributed by atoms with E-state index in [-0.39, 0.29) is 18.8 Å². The van der Waals surface area contributed by atoms with Gasteiger partial charge in [0, 0.05) is 19.0 Å². The van der Waals surface area contributed by atoms with Crippen molar-refractivity contribution in [1.29, 1.82) is 0 Å². The van der Waals surface area contributed by atoms with Crippen LogP contribution >= 0.6 is 0 Å². The summed E-state index contributed by atoms with van der Waals surface area (Å²) in [5, 5.41) is 0. The highest BCUT2D eigenvalue weighted by Gasteiger charge is 2.45. The molecule has 1 aromatic heterocycles. The van der Waals surface area contributed by atoms with E-state index in [1.807, 2.05) is 6.07 Å². The van der Waals surface area contributed by atoms with Crippen molar-refractivity contribution in [2.75, 3.05) is 0 Å². The Kier molecular flexibility index (Phi) is 2.10. The van der Waals surface area contributed by atoms with Crippen molar-refractivity contribution < 1.29 is 8.78 Å². The molecule has 1 fully saturated rings. The Balaban J connectivity index is 2.08. The van der Waals surface area contributed by atoms with Gasteiger partial charge in [-0.3, -0.25) is 4.98 Å². The van der Waals surface area contributed by atoms with Crippen LogP contribution in [0.5, 0.6) is 0 Å². The van der Waals surface area contributed by atoms with E-state index in [0.717, 1.165) is 11.3 Å². The molecule has 1 aromatic rings. The Labute approximate surface area is 81.5 Å². The molecule has 2 rings (SSSR count). The summed E-state index contributed by atoms with van der Waals surface area (Å²) in [7, 11) is 0. The highest BCUT2D eigenvalue weighted by Crippen LogP contribution is 2.47. The lowest BCUT2D eigenvalue weighted by atomic mass is 9.77. The predicted octanol–water partition coefficient (Wildman–Crippen LogP) is 3.24. The summed E-state index contributed by atoms with van der Waals surface area (Å²) in [6, 6.07) is 3.66. The fourth-order valence-corrected chi connectivity index (χ4v) is 1.68. The first-order chi connectivity index (χ1) is 6.61. The van der Waals surface area contributed by atoms with E-state index in [0.29, 0.717) is 0 Å². The molecule has 1 heterocycles. The van der Waals surface area contributed by atoms with Gasteiger partial charge in [0.1, 0.15) is 0 Å². The lowest BCUT2D eigenvalue weighted by molar-refractivity contribution is -0.0868.